The van der Waals surface area contributed by atoms with E-state index in [2.05, 4.69) is 27.3 Å². The minimum Gasteiger partial charge on any atom is -0.497 e. The average molecular weight is 314 g/mol. The first kappa shape index (κ1) is 13.8. The zero-order chi connectivity index (χ0) is 13.0. The minimum atomic E-state index is 0.301. The molecular formula is C14H20BrNO2. The first-order chi connectivity index (χ1) is 8.76. The molecule has 2 unspecified atom stereocenters. The molecule has 1 aromatic rings. The molecule has 0 radical (unpaired) electrons. The lowest BCUT2D eigenvalue weighted by Gasteiger charge is -2.31. The molecule has 18 heavy (non-hydrogen) atoms. The zero-order valence-electron chi connectivity index (χ0n) is 10.9. The minimum absolute atomic E-state index is 0.301. The lowest BCUT2D eigenvalue weighted by atomic mass is 9.89. The van der Waals surface area contributed by atoms with E-state index in [4.69, 9.17) is 9.47 Å². The zero-order valence-corrected chi connectivity index (χ0v) is 12.5. The fourth-order valence-electron chi connectivity index (χ4n) is 2.56. The Morgan fingerprint density at radius 3 is 2.94 bits per heavy atom. The number of methoxy groups -OCH3 is 1. The molecule has 1 N–H and O–H groups in total. The third kappa shape index (κ3) is 3.05. The van der Waals surface area contributed by atoms with E-state index in [1.54, 1.807) is 7.11 Å². The molecule has 0 spiro atoms. The molecule has 1 fully saturated rings. The van der Waals surface area contributed by atoms with Crippen molar-refractivity contribution in [3.05, 3.63) is 28.2 Å². The van der Waals surface area contributed by atoms with Gasteiger partial charge in [-0.25, -0.2) is 0 Å². The highest BCUT2D eigenvalue weighted by Crippen LogP contribution is 2.34. The van der Waals surface area contributed by atoms with Crippen LogP contribution in [0, 0.1) is 5.92 Å². The van der Waals surface area contributed by atoms with Crippen LogP contribution in [0.5, 0.6) is 5.75 Å². The van der Waals surface area contributed by atoms with Gasteiger partial charge in [0.1, 0.15) is 5.75 Å². The molecule has 2 rings (SSSR count). The Morgan fingerprint density at radius 1 is 1.50 bits per heavy atom. The van der Waals surface area contributed by atoms with Gasteiger partial charge in [0.25, 0.3) is 0 Å². The maximum Gasteiger partial charge on any atom is 0.119 e. The Morgan fingerprint density at radius 2 is 2.33 bits per heavy atom. The van der Waals surface area contributed by atoms with Crippen molar-refractivity contribution in [2.75, 3.05) is 27.4 Å². The molecule has 0 bridgehead atoms. The molecular weight excluding hydrogens is 294 g/mol. The fourth-order valence-corrected chi connectivity index (χ4v) is 3.05. The van der Waals surface area contributed by atoms with Crippen LogP contribution < -0.4 is 10.1 Å². The molecule has 1 aromatic carbocycles. The second-order valence-corrected chi connectivity index (χ2v) is 5.49. The Balaban J connectivity index is 2.25. The van der Waals surface area contributed by atoms with Crippen molar-refractivity contribution in [3.63, 3.8) is 0 Å². The SMILES string of the molecule is CNC(c1cc(OC)ccc1Br)C1CCCOC1. The monoisotopic (exact) mass is 313 g/mol. The molecule has 4 heteroatoms. The van der Waals surface area contributed by atoms with E-state index >= 15 is 0 Å². The van der Waals surface area contributed by atoms with Crippen LogP contribution in [0.3, 0.4) is 0 Å². The molecule has 0 aliphatic carbocycles. The van der Waals surface area contributed by atoms with E-state index < -0.39 is 0 Å². The normalized spacial score (nSPS) is 21.6. The van der Waals surface area contributed by atoms with Gasteiger partial charge < -0.3 is 14.8 Å². The molecule has 1 aliphatic rings. The quantitative estimate of drug-likeness (QED) is 0.926. The van der Waals surface area contributed by atoms with Crippen LogP contribution in [0.2, 0.25) is 0 Å². The average Bonchev–Trinajstić information content (AvgIpc) is 2.43. The Labute approximate surface area is 117 Å². The van der Waals surface area contributed by atoms with Gasteiger partial charge >= 0.3 is 0 Å². The number of ether oxygens (including phenoxy) is 2. The Kier molecular flexibility index (Phi) is 5.03. The van der Waals surface area contributed by atoms with E-state index in [9.17, 15) is 0 Å². The van der Waals surface area contributed by atoms with Crippen LogP contribution >= 0.6 is 15.9 Å². The standard InChI is InChI=1S/C14H20BrNO2/c1-16-14(10-4-3-7-18-9-10)12-8-11(17-2)5-6-13(12)15/h5-6,8,10,14,16H,3-4,7,9H2,1-2H3. The molecule has 0 saturated carbocycles. The molecule has 2 atom stereocenters. The first-order valence-electron chi connectivity index (χ1n) is 6.34. The second kappa shape index (κ2) is 6.55. The number of hydrogen-bond donors (Lipinski definition) is 1. The van der Waals surface area contributed by atoms with Gasteiger partial charge in [-0.3, -0.25) is 0 Å². The lowest BCUT2D eigenvalue weighted by Crippen LogP contribution is -2.31. The van der Waals surface area contributed by atoms with Crippen LogP contribution in [0.15, 0.2) is 22.7 Å². The van der Waals surface area contributed by atoms with Gasteiger partial charge in [-0.2, -0.15) is 0 Å². The third-order valence-electron chi connectivity index (χ3n) is 3.52. The van der Waals surface area contributed by atoms with E-state index in [0.29, 0.717) is 12.0 Å². The highest BCUT2D eigenvalue weighted by Gasteiger charge is 2.26. The van der Waals surface area contributed by atoms with Crippen LogP contribution in [-0.4, -0.2) is 27.4 Å². The van der Waals surface area contributed by atoms with Crippen molar-refractivity contribution >= 4 is 15.9 Å². The van der Waals surface area contributed by atoms with Gasteiger partial charge in [0.2, 0.25) is 0 Å². The summed E-state index contributed by atoms with van der Waals surface area (Å²) in [4.78, 5) is 0. The molecule has 0 amide bonds. The van der Waals surface area contributed by atoms with Gasteiger partial charge in [-0.15, -0.1) is 0 Å². The number of nitrogens with one attached hydrogen (secondary N) is 1. The number of benzene rings is 1. The lowest BCUT2D eigenvalue weighted by molar-refractivity contribution is 0.0400. The summed E-state index contributed by atoms with van der Waals surface area (Å²) in [5.41, 5.74) is 1.24. The predicted molar refractivity (Wildman–Crippen MR) is 76.0 cm³/mol. The summed E-state index contributed by atoms with van der Waals surface area (Å²) >= 11 is 3.63. The summed E-state index contributed by atoms with van der Waals surface area (Å²) in [6.45, 7) is 1.72. The fraction of sp³-hybridized carbons (Fsp3) is 0.571. The molecule has 0 aromatic heterocycles. The largest absolute Gasteiger partial charge is 0.497 e. The highest BCUT2D eigenvalue weighted by atomic mass is 79.9. The summed E-state index contributed by atoms with van der Waals surface area (Å²) in [5, 5.41) is 3.41. The molecule has 1 heterocycles. The van der Waals surface area contributed by atoms with Crippen molar-refractivity contribution in [1.82, 2.24) is 5.32 Å². The van der Waals surface area contributed by atoms with Crippen molar-refractivity contribution in [2.24, 2.45) is 5.92 Å². The molecule has 1 aliphatic heterocycles. The van der Waals surface area contributed by atoms with Crippen LogP contribution in [-0.2, 0) is 4.74 Å². The summed E-state index contributed by atoms with van der Waals surface area (Å²) < 4.78 is 12.0. The number of rotatable bonds is 4. The summed E-state index contributed by atoms with van der Waals surface area (Å²) in [7, 11) is 3.70. The van der Waals surface area contributed by atoms with Gasteiger partial charge in [0.15, 0.2) is 0 Å². The van der Waals surface area contributed by atoms with E-state index in [-0.39, 0.29) is 0 Å². The summed E-state index contributed by atoms with van der Waals surface area (Å²) in [5.74, 6) is 1.41. The van der Waals surface area contributed by atoms with E-state index in [1.165, 1.54) is 12.0 Å². The second-order valence-electron chi connectivity index (χ2n) is 4.63. The highest BCUT2D eigenvalue weighted by molar-refractivity contribution is 9.10. The summed E-state index contributed by atoms with van der Waals surface area (Å²) in [6.07, 6.45) is 2.35. The van der Waals surface area contributed by atoms with E-state index in [0.717, 1.165) is 29.9 Å². The first-order valence-corrected chi connectivity index (χ1v) is 7.14. The number of halogens is 1. The predicted octanol–water partition coefficient (Wildman–Crippen LogP) is 3.14. The summed E-state index contributed by atoms with van der Waals surface area (Å²) in [6, 6.07) is 6.41. The Hall–Kier alpha value is -0.580. The van der Waals surface area contributed by atoms with Gasteiger partial charge in [-0.1, -0.05) is 15.9 Å². The molecule has 3 nitrogen and oxygen atoms in total. The molecule has 100 valence electrons. The van der Waals surface area contributed by atoms with Crippen molar-refractivity contribution in [1.29, 1.82) is 0 Å². The van der Waals surface area contributed by atoms with E-state index in [1.807, 2.05) is 19.2 Å². The van der Waals surface area contributed by atoms with Gasteiger partial charge in [-0.05, 0) is 43.7 Å². The van der Waals surface area contributed by atoms with Crippen molar-refractivity contribution in [2.45, 2.75) is 18.9 Å². The maximum absolute atomic E-state index is 5.60. The number of hydrogen-bond acceptors (Lipinski definition) is 3. The van der Waals surface area contributed by atoms with Crippen molar-refractivity contribution < 1.29 is 9.47 Å². The van der Waals surface area contributed by atoms with Crippen LogP contribution in [0.4, 0.5) is 0 Å². The van der Waals surface area contributed by atoms with Crippen LogP contribution in [0.1, 0.15) is 24.4 Å². The van der Waals surface area contributed by atoms with Gasteiger partial charge in [0, 0.05) is 23.0 Å². The van der Waals surface area contributed by atoms with Gasteiger partial charge in [0.05, 0.1) is 13.7 Å². The third-order valence-corrected chi connectivity index (χ3v) is 4.24. The van der Waals surface area contributed by atoms with Crippen molar-refractivity contribution in [3.8, 4) is 5.75 Å². The Bertz CT molecular complexity index is 391. The molecule has 1 saturated heterocycles. The topological polar surface area (TPSA) is 30.5 Å². The maximum atomic E-state index is 5.60. The smallest absolute Gasteiger partial charge is 0.119 e. The van der Waals surface area contributed by atoms with Crippen LogP contribution in [0.25, 0.3) is 0 Å².